The molecule has 0 spiro atoms. The van der Waals surface area contributed by atoms with Crippen molar-refractivity contribution in [1.29, 1.82) is 0 Å². The zero-order chi connectivity index (χ0) is 20.8. The number of hydrogen-bond acceptors (Lipinski definition) is 4. The van der Waals surface area contributed by atoms with E-state index in [0.29, 0.717) is 30.4 Å². The summed E-state index contributed by atoms with van der Waals surface area (Å²) in [6.45, 7) is 1.25. The van der Waals surface area contributed by atoms with Crippen LogP contribution in [-0.4, -0.2) is 45.3 Å². The minimum Gasteiger partial charge on any atom is -0.353 e. The van der Waals surface area contributed by atoms with Gasteiger partial charge in [0.25, 0.3) is 5.91 Å². The Bertz CT molecular complexity index is 874. The van der Waals surface area contributed by atoms with Gasteiger partial charge in [-0.1, -0.05) is 44.2 Å². The Morgan fingerprint density at radius 2 is 1.90 bits per heavy atom. The maximum Gasteiger partial charge on any atom is 0.255 e. The van der Waals surface area contributed by atoms with Crippen molar-refractivity contribution in [2.24, 2.45) is 0 Å². The first kappa shape index (κ1) is 21.0. The van der Waals surface area contributed by atoms with Gasteiger partial charge < -0.3 is 10.2 Å². The molecule has 6 nitrogen and oxygen atoms in total. The average molecular weight is 427 g/mol. The number of carbonyl (C=O) groups excluding carboxylic acids is 2. The Balaban J connectivity index is 1.35. The van der Waals surface area contributed by atoms with Crippen LogP contribution in [0.2, 0.25) is 0 Å². The van der Waals surface area contributed by atoms with Gasteiger partial charge in [0.05, 0.1) is 17.5 Å². The molecule has 1 aromatic carbocycles. The van der Waals surface area contributed by atoms with Crippen LogP contribution >= 0.6 is 11.8 Å². The van der Waals surface area contributed by atoms with Crippen molar-refractivity contribution in [1.82, 2.24) is 20.4 Å². The number of H-pyrrole nitrogens is 1. The van der Waals surface area contributed by atoms with E-state index in [0.717, 1.165) is 35.4 Å². The summed E-state index contributed by atoms with van der Waals surface area (Å²) < 4.78 is 0. The highest BCUT2D eigenvalue weighted by Gasteiger charge is 2.25. The van der Waals surface area contributed by atoms with Crippen LogP contribution in [0.25, 0.3) is 0 Å². The summed E-state index contributed by atoms with van der Waals surface area (Å²) in [7, 11) is 0. The largest absolute Gasteiger partial charge is 0.353 e. The summed E-state index contributed by atoms with van der Waals surface area (Å²) in [6, 6.07) is 7.92. The SMILES string of the molecule is O=C(CSc1ccccc1C(=O)N1CCc2[nH]ncc2C1)NC1CCCCCCC1. The Kier molecular flexibility index (Phi) is 7.10. The van der Waals surface area contributed by atoms with Crippen molar-refractivity contribution in [2.45, 2.75) is 68.8 Å². The molecule has 2 amide bonds. The molecule has 30 heavy (non-hydrogen) atoms. The molecule has 2 aromatic rings. The Labute approximate surface area is 182 Å². The predicted octanol–water partition coefficient (Wildman–Crippen LogP) is 3.93. The average Bonchev–Trinajstić information content (AvgIpc) is 3.22. The Morgan fingerprint density at radius 3 is 2.73 bits per heavy atom. The molecule has 0 bridgehead atoms. The Hall–Kier alpha value is -2.28. The number of amides is 2. The topological polar surface area (TPSA) is 78.1 Å². The van der Waals surface area contributed by atoms with E-state index in [1.54, 1.807) is 6.20 Å². The molecule has 2 N–H and O–H groups in total. The number of nitrogens with zero attached hydrogens (tertiary/aromatic N) is 2. The van der Waals surface area contributed by atoms with E-state index in [-0.39, 0.29) is 11.8 Å². The van der Waals surface area contributed by atoms with Crippen LogP contribution in [0.3, 0.4) is 0 Å². The fraction of sp³-hybridized carbons (Fsp3) is 0.522. The van der Waals surface area contributed by atoms with Crippen molar-refractivity contribution in [3.05, 3.63) is 47.3 Å². The summed E-state index contributed by atoms with van der Waals surface area (Å²) in [4.78, 5) is 28.4. The minimum atomic E-state index is 0.0189. The molecule has 0 radical (unpaired) electrons. The fourth-order valence-corrected chi connectivity index (χ4v) is 5.20. The zero-order valence-electron chi connectivity index (χ0n) is 17.4. The third kappa shape index (κ3) is 5.25. The highest BCUT2D eigenvalue weighted by molar-refractivity contribution is 8.00. The maximum atomic E-state index is 13.2. The molecule has 4 rings (SSSR count). The molecule has 1 fully saturated rings. The van der Waals surface area contributed by atoms with E-state index in [2.05, 4.69) is 15.5 Å². The summed E-state index contributed by atoms with van der Waals surface area (Å²) in [5, 5.41) is 10.3. The summed E-state index contributed by atoms with van der Waals surface area (Å²) >= 11 is 1.45. The second-order valence-electron chi connectivity index (χ2n) is 8.24. The molecule has 1 aliphatic carbocycles. The fourth-order valence-electron chi connectivity index (χ4n) is 4.35. The third-order valence-electron chi connectivity index (χ3n) is 6.03. The molecule has 160 valence electrons. The van der Waals surface area contributed by atoms with Crippen LogP contribution in [0, 0.1) is 0 Å². The number of nitrogens with one attached hydrogen (secondary N) is 2. The quantitative estimate of drug-likeness (QED) is 0.710. The number of benzene rings is 1. The van der Waals surface area contributed by atoms with Gasteiger partial charge in [-0.2, -0.15) is 5.10 Å². The molecule has 7 heteroatoms. The first-order chi connectivity index (χ1) is 14.7. The van der Waals surface area contributed by atoms with Gasteiger partial charge in [-0.25, -0.2) is 0 Å². The van der Waals surface area contributed by atoms with Gasteiger partial charge in [-0.3, -0.25) is 14.7 Å². The highest BCUT2D eigenvalue weighted by atomic mass is 32.2. The van der Waals surface area contributed by atoms with Crippen LogP contribution in [0.4, 0.5) is 0 Å². The smallest absolute Gasteiger partial charge is 0.255 e. The molecule has 1 saturated carbocycles. The lowest BCUT2D eigenvalue weighted by atomic mass is 9.97. The monoisotopic (exact) mass is 426 g/mol. The lowest BCUT2D eigenvalue weighted by Crippen LogP contribution is -2.37. The molecular weight excluding hydrogens is 396 g/mol. The molecule has 1 aliphatic heterocycles. The first-order valence-electron chi connectivity index (χ1n) is 11.0. The number of aromatic nitrogens is 2. The van der Waals surface area contributed by atoms with Crippen molar-refractivity contribution >= 4 is 23.6 Å². The van der Waals surface area contributed by atoms with Crippen LogP contribution in [0.1, 0.15) is 66.6 Å². The van der Waals surface area contributed by atoms with Gasteiger partial charge in [0.1, 0.15) is 0 Å². The van der Waals surface area contributed by atoms with Crippen molar-refractivity contribution in [3.63, 3.8) is 0 Å². The molecule has 2 aliphatic rings. The number of rotatable bonds is 5. The van der Waals surface area contributed by atoms with Crippen LogP contribution in [0.5, 0.6) is 0 Å². The molecule has 0 unspecified atom stereocenters. The second kappa shape index (κ2) is 10.2. The van der Waals surface area contributed by atoms with Gasteiger partial charge in [-0.15, -0.1) is 11.8 Å². The van der Waals surface area contributed by atoms with Crippen LogP contribution < -0.4 is 5.32 Å². The van der Waals surface area contributed by atoms with Gasteiger partial charge in [0.2, 0.25) is 5.91 Å². The molecule has 1 aromatic heterocycles. The maximum absolute atomic E-state index is 13.2. The number of thioether (sulfide) groups is 1. The van der Waals surface area contributed by atoms with Crippen molar-refractivity contribution in [3.8, 4) is 0 Å². The summed E-state index contributed by atoms with van der Waals surface area (Å²) in [5.41, 5.74) is 2.87. The minimum absolute atomic E-state index is 0.0189. The van der Waals surface area contributed by atoms with E-state index in [1.165, 1.54) is 43.9 Å². The molecule has 2 heterocycles. The van der Waals surface area contributed by atoms with Crippen molar-refractivity contribution in [2.75, 3.05) is 12.3 Å². The number of hydrogen-bond donors (Lipinski definition) is 2. The highest BCUT2D eigenvalue weighted by Crippen LogP contribution is 2.26. The predicted molar refractivity (Wildman–Crippen MR) is 118 cm³/mol. The number of carbonyl (C=O) groups is 2. The molecule has 0 saturated heterocycles. The van der Waals surface area contributed by atoms with E-state index in [9.17, 15) is 9.59 Å². The van der Waals surface area contributed by atoms with Gasteiger partial charge in [0.15, 0.2) is 0 Å². The van der Waals surface area contributed by atoms with E-state index >= 15 is 0 Å². The van der Waals surface area contributed by atoms with E-state index < -0.39 is 0 Å². The number of fused-ring (bicyclic) bond motifs is 1. The normalized spacial score (nSPS) is 17.7. The summed E-state index contributed by atoms with van der Waals surface area (Å²) in [5.74, 6) is 0.423. The van der Waals surface area contributed by atoms with Crippen LogP contribution in [-0.2, 0) is 17.8 Å². The van der Waals surface area contributed by atoms with E-state index in [4.69, 9.17) is 0 Å². The second-order valence-corrected chi connectivity index (χ2v) is 9.26. The van der Waals surface area contributed by atoms with Gasteiger partial charge in [-0.05, 0) is 25.0 Å². The van der Waals surface area contributed by atoms with Crippen LogP contribution in [0.15, 0.2) is 35.4 Å². The third-order valence-corrected chi connectivity index (χ3v) is 7.11. The lowest BCUT2D eigenvalue weighted by Gasteiger charge is -2.27. The standard InChI is InChI=1S/C23H30N4O2S/c28-22(25-18-8-4-2-1-3-5-9-18)16-30-21-11-7-6-10-19(21)23(29)27-13-12-20-17(15-27)14-24-26-20/h6-7,10-11,14,18H,1-5,8-9,12-13,15-16H2,(H,24,26)(H,25,28). The zero-order valence-corrected chi connectivity index (χ0v) is 18.2. The molecular formula is C23H30N4O2S. The van der Waals surface area contributed by atoms with E-state index in [1.807, 2.05) is 29.2 Å². The molecule has 0 atom stereocenters. The van der Waals surface area contributed by atoms with Crippen molar-refractivity contribution < 1.29 is 9.59 Å². The summed E-state index contributed by atoms with van der Waals surface area (Å²) in [6.07, 6.45) is 11.0. The first-order valence-corrected chi connectivity index (χ1v) is 12.0. The van der Waals surface area contributed by atoms with Gasteiger partial charge in [0, 0.05) is 41.7 Å². The number of aromatic amines is 1. The van der Waals surface area contributed by atoms with Gasteiger partial charge >= 0.3 is 0 Å². The lowest BCUT2D eigenvalue weighted by molar-refractivity contribution is -0.119. The Morgan fingerprint density at radius 1 is 1.13 bits per heavy atom.